The van der Waals surface area contributed by atoms with Crippen LogP contribution in [0.3, 0.4) is 0 Å². The van der Waals surface area contributed by atoms with Crippen LogP contribution in [0.1, 0.15) is 44.4 Å². The maximum Gasteiger partial charge on any atom is 0.494 e. The second kappa shape index (κ2) is 18.6. The number of hydrogen-bond acceptors (Lipinski definition) is 8. The first kappa shape index (κ1) is 42.2. The van der Waals surface area contributed by atoms with Crippen LogP contribution >= 0.6 is 102 Å². The van der Waals surface area contributed by atoms with Crippen LogP contribution in [0.25, 0.3) is 20.9 Å². The summed E-state index contributed by atoms with van der Waals surface area (Å²) < 4.78 is 14.4. The fraction of sp³-hybridized carbons (Fsp3) is 0.333. The van der Waals surface area contributed by atoms with Crippen molar-refractivity contribution in [3.8, 4) is 20.9 Å². The van der Waals surface area contributed by atoms with Gasteiger partial charge in [-0.1, -0.05) is 89.5 Å². The highest BCUT2D eigenvalue weighted by molar-refractivity contribution is 9.12. The first-order chi connectivity index (χ1) is 23.7. The monoisotopic (exact) mass is 906 g/mol. The second-order valence-corrected chi connectivity index (χ2v) is 20.7. The lowest BCUT2D eigenvalue weighted by Crippen LogP contribution is -2.41. The summed E-state index contributed by atoms with van der Waals surface area (Å²) in [5.41, 5.74) is 7.06. The maximum absolute atomic E-state index is 5.97. The highest BCUT2D eigenvalue weighted by Crippen LogP contribution is 2.50. The van der Waals surface area contributed by atoms with E-state index in [1.165, 1.54) is 64.7 Å². The molecule has 2 nitrogen and oxygen atoms in total. The third-order valence-electron chi connectivity index (χ3n) is 8.61. The SMILES string of the molecule is CSc1c(-c2ccc(C)cc2)sc(-c2ccc(C)cc2)c1SC.CSc1c(Br)sc(Br)c1SC.Cc1ccc(B2OC(C)(C)C(C)(C)O2)cc1. The topological polar surface area (TPSA) is 18.5 Å². The van der Waals surface area contributed by atoms with Crippen molar-refractivity contribution >= 4 is 114 Å². The van der Waals surface area contributed by atoms with Crippen molar-refractivity contribution in [2.24, 2.45) is 0 Å². The molecular weight excluding hydrogens is 863 g/mol. The lowest BCUT2D eigenvalue weighted by atomic mass is 9.79. The summed E-state index contributed by atoms with van der Waals surface area (Å²) in [6, 6.07) is 26.1. The summed E-state index contributed by atoms with van der Waals surface area (Å²) in [4.78, 5) is 8.27. The summed E-state index contributed by atoms with van der Waals surface area (Å²) >= 11 is 18.0. The Morgan fingerprint density at radius 1 is 0.500 bits per heavy atom. The number of benzene rings is 3. The predicted molar refractivity (Wildman–Crippen MR) is 238 cm³/mol. The van der Waals surface area contributed by atoms with Gasteiger partial charge in [-0.15, -0.1) is 69.7 Å². The molecule has 1 saturated heterocycles. The van der Waals surface area contributed by atoms with Gasteiger partial charge in [0.2, 0.25) is 0 Å². The van der Waals surface area contributed by atoms with Crippen molar-refractivity contribution in [1.82, 2.24) is 0 Å². The van der Waals surface area contributed by atoms with Crippen LogP contribution in [0.2, 0.25) is 0 Å². The minimum atomic E-state index is -0.261. The van der Waals surface area contributed by atoms with Gasteiger partial charge in [-0.2, -0.15) is 0 Å². The fourth-order valence-electron chi connectivity index (χ4n) is 4.96. The third-order valence-corrected chi connectivity index (χ3v) is 17.0. The molecule has 2 aromatic heterocycles. The normalized spacial score (nSPS) is 14.5. The third kappa shape index (κ3) is 10.1. The van der Waals surface area contributed by atoms with E-state index in [1.54, 1.807) is 34.9 Å². The molecule has 50 heavy (non-hydrogen) atoms. The van der Waals surface area contributed by atoms with E-state index in [-0.39, 0.29) is 18.3 Å². The summed E-state index contributed by atoms with van der Waals surface area (Å²) in [6.07, 6.45) is 8.55. The van der Waals surface area contributed by atoms with Gasteiger partial charge in [0.1, 0.15) is 0 Å². The molecule has 1 fully saturated rings. The molecule has 0 bridgehead atoms. The van der Waals surface area contributed by atoms with Gasteiger partial charge in [-0.3, -0.25) is 0 Å². The Bertz CT molecular complexity index is 1740. The molecule has 0 atom stereocenters. The van der Waals surface area contributed by atoms with Crippen molar-refractivity contribution < 1.29 is 9.31 Å². The molecule has 11 heteroatoms. The van der Waals surface area contributed by atoms with Crippen molar-refractivity contribution in [3.63, 3.8) is 0 Å². The smallest absolute Gasteiger partial charge is 0.399 e. The number of thiophene rings is 2. The van der Waals surface area contributed by atoms with E-state index in [0.717, 1.165) is 5.46 Å². The first-order valence-corrected chi connectivity index (χ1v) is 24.1. The number of thioether (sulfide) groups is 4. The van der Waals surface area contributed by atoms with Crippen LogP contribution in [0, 0.1) is 20.8 Å². The van der Waals surface area contributed by atoms with Gasteiger partial charge in [0, 0.05) is 29.3 Å². The van der Waals surface area contributed by atoms with Crippen molar-refractivity contribution in [3.05, 3.63) is 97.1 Å². The van der Waals surface area contributed by atoms with Crippen LogP contribution in [0.5, 0.6) is 0 Å². The van der Waals surface area contributed by atoms with Crippen molar-refractivity contribution in [1.29, 1.82) is 0 Å². The number of halogens is 2. The molecule has 266 valence electrons. The fourth-order valence-corrected chi connectivity index (χ4v) is 14.7. The molecule has 6 rings (SSSR count). The molecule has 1 aliphatic heterocycles. The van der Waals surface area contributed by atoms with E-state index in [9.17, 15) is 0 Å². The average molecular weight is 909 g/mol. The molecule has 3 aromatic carbocycles. The Morgan fingerprint density at radius 2 is 0.820 bits per heavy atom. The van der Waals surface area contributed by atoms with Gasteiger partial charge in [0.05, 0.1) is 18.8 Å². The molecule has 0 amide bonds. The van der Waals surface area contributed by atoms with Gasteiger partial charge in [-0.05, 0) is 122 Å². The summed E-state index contributed by atoms with van der Waals surface area (Å²) in [7, 11) is -0.245. The van der Waals surface area contributed by atoms with Crippen LogP contribution in [-0.2, 0) is 9.31 Å². The summed E-state index contributed by atoms with van der Waals surface area (Å²) in [6.45, 7) is 14.6. The van der Waals surface area contributed by atoms with Gasteiger partial charge in [0.15, 0.2) is 0 Å². The quantitative estimate of drug-likeness (QED) is 0.119. The average Bonchev–Trinajstić information content (AvgIpc) is 3.67. The highest BCUT2D eigenvalue weighted by atomic mass is 79.9. The first-order valence-electron chi connectivity index (χ1n) is 16.0. The standard InChI is InChI=1S/C20H20S3.C13H19BO2.C6H6Br2S3/c1-13-5-9-15(10-6-13)17-19(21-3)20(22-4)18(23-17)16-11-7-14(2)8-12-16;1-10-6-8-11(9-7-10)14-15-12(2,3)13(4,5)16-14;1-9-3-4(10-2)6(8)11-5(3)7/h5-12H,1-4H3;6-9H,1-5H3;1-2H3. The largest absolute Gasteiger partial charge is 0.494 e. The Labute approximate surface area is 342 Å². The Kier molecular flexibility index (Phi) is 15.7. The molecule has 3 heterocycles. The number of hydrogen-bond donors (Lipinski definition) is 0. The minimum absolute atomic E-state index is 0.245. The molecule has 1 aliphatic rings. The number of aryl methyl sites for hydroxylation is 3. The Morgan fingerprint density at radius 3 is 1.14 bits per heavy atom. The Hall–Kier alpha value is -0.595. The zero-order chi connectivity index (χ0) is 36.8. The molecule has 0 aliphatic carbocycles. The van der Waals surface area contributed by atoms with Gasteiger partial charge >= 0.3 is 7.12 Å². The minimum Gasteiger partial charge on any atom is -0.399 e. The molecule has 5 aromatic rings. The molecule has 0 radical (unpaired) electrons. The molecular formula is C39H45BBr2O2S6. The van der Waals surface area contributed by atoms with E-state index >= 15 is 0 Å². The zero-order valence-corrected chi connectivity index (χ0v) is 38.6. The number of rotatable bonds is 7. The van der Waals surface area contributed by atoms with E-state index in [2.05, 4.69) is 178 Å². The molecule has 0 saturated carbocycles. The van der Waals surface area contributed by atoms with Crippen LogP contribution in [0.4, 0.5) is 0 Å². The van der Waals surface area contributed by atoms with E-state index in [1.807, 2.05) is 34.9 Å². The van der Waals surface area contributed by atoms with Crippen molar-refractivity contribution in [2.75, 3.05) is 25.0 Å². The van der Waals surface area contributed by atoms with Crippen LogP contribution in [0.15, 0.2) is 100.0 Å². The van der Waals surface area contributed by atoms with E-state index in [0.29, 0.717) is 0 Å². The van der Waals surface area contributed by atoms with Crippen LogP contribution in [-0.4, -0.2) is 43.3 Å². The predicted octanol–water partition coefficient (Wildman–Crippen LogP) is 14.2. The van der Waals surface area contributed by atoms with Gasteiger partial charge < -0.3 is 9.31 Å². The lowest BCUT2D eigenvalue weighted by molar-refractivity contribution is 0.00578. The van der Waals surface area contributed by atoms with E-state index in [4.69, 9.17) is 9.31 Å². The Balaban J connectivity index is 0.000000181. The zero-order valence-electron chi connectivity index (χ0n) is 30.5. The summed E-state index contributed by atoms with van der Waals surface area (Å²) in [5, 5.41) is 0. The lowest BCUT2D eigenvalue weighted by Gasteiger charge is -2.32. The van der Waals surface area contributed by atoms with Crippen LogP contribution < -0.4 is 5.46 Å². The highest BCUT2D eigenvalue weighted by Gasteiger charge is 2.51. The van der Waals surface area contributed by atoms with Gasteiger partial charge in [0.25, 0.3) is 0 Å². The second-order valence-electron chi connectivity index (χ2n) is 12.8. The molecule has 0 N–H and O–H groups in total. The van der Waals surface area contributed by atoms with Gasteiger partial charge in [-0.25, -0.2) is 0 Å². The maximum atomic E-state index is 5.97. The van der Waals surface area contributed by atoms with E-state index < -0.39 is 0 Å². The molecule has 0 unspecified atom stereocenters. The van der Waals surface area contributed by atoms with Crippen molar-refractivity contribution in [2.45, 2.75) is 79.3 Å². The summed E-state index contributed by atoms with van der Waals surface area (Å²) in [5.74, 6) is 0. The molecule has 0 spiro atoms.